The molecular weight excluding hydrogens is 427 g/mol. The van der Waals surface area contributed by atoms with Gasteiger partial charge >= 0.3 is 0 Å². The number of likely N-dealkylation sites (tertiary alicyclic amines) is 1. The lowest BCUT2D eigenvalue weighted by Crippen LogP contribution is -2.38. The number of rotatable bonds is 8. The van der Waals surface area contributed by atoms with Gasteiger partial charge in [0.15, 0.2) is 5.96 Å². The van der Waals surface area contributed by atoms with Crippen molar-refractivity contribution in [3.8, 4) is 0 Å². The van der Waals surface area contributed by atoms with E-state index in [4.69, 9.17) is 4.99 Å². The highest BCUT2D eigenvalue weighted by atomic mass is 127. The predicted octanol–water partition coefficient (Wildman–Crippen LogP) is 2.90. The number of aliphatic imine (C=N–C) groups is 1. The lowest BCUT2D eigenvalue weighted by Gasteiger charge is -2.29. The Kier molecular flexibility index (Phi) is 12.5. The fraction of sp³-hybridized carbons (Fsp3) is 0.842. The summed E-state index contributed by atoms with van der Waals surface area (Å²) in [6.07, 6.45) is 11.7. The standard InChI is InChI=1S/C19H36N4O.HI/c1-2-20-19(22-13-9-17-7-4-3-5-8-17)21-12-6-14-23-15-10-18(24)11-16-23;/h7,18,24H,2-6,8-16H2,1H3,(H2,20,21,22);1H. The maximum Gasteiger partial charge on any atom is 0.191 e. The molecule has 1 saturated heterocycles. The summed E-state index contributed by atoms with van der Waals surface area (Å²) in [5.74, 6) is 0.947. The first-order valence-corrected chi connectivity index (χ1v) is 9.88. The molecule has 1 aliphatic carbocycles. The highest BCUT2D eigenvalue weighted by Crippen LogP contribution is 2.19. The van der Waals surface area contributed by atoms with E-state index >= 15 is 0 Å². The molecule has 1 aliphatic heterocycles. The van der Waals surface area contributed by atoms with Crippen LogP contribution in [0.5, 0.6) is 0 Å². The molecule has 25 heavy (non-hydrogen) atoms. The van der Waals surface area contributed by atoms with Gasteiger partial charge in [0.1, 0.15) is 0 Å². The monoisotopic (exact) mass is 464 g/mol. The maximum atomic E-state index is 9.54. The largest absolute Gasteiger partial charge is 0.393 e. The second-order valence-electron chi connectivity index (χ2n) is 6.97. The van der Waals surface area contributed by atoms with Crippen LogP contribution in [0.4, 0.5) is 0 Å². The highest BCUT2D eigenvalue weighted by molar-refractivity contribution is 14.0. The molecule has 0 saturated carbocycles. The zero-order valence-corrected chi connectivity index (χ0v) is 18.1. The summed E-state index contributed by atoms with van der Waals surface area (Å²) in [5.41, 5.74) is 1.61. The second kappa shape index (κ2) is 13.8. The summed E-state index contributed by atoms with van der Waals surface area (Å²) in [7, 11) is 0. The topological polar surface area (TPSA) is 59.9 Å². The average molecular weight is 464 g/mol. The molecule has 0 radical (unpaired) electrons. The molecule has 0 atom stereocenters. The van der Waals surface area contributed by atoms with Crippen LogP contribution < -0.4 is 10.6 Å². The van der Waals surface area contributed by atoms with Gasteiger partial charge in [-0.2, -0.15) is 0 Å². The number of allylic oxidation sites excluding steroid dienone is 1. The van der Waals surface area contributed by atoms with Crippen molar-refractivity contribution in [1.29, 1.82) is 0 Å². The van der Waals surface area contributed by atoms with Crippen LogP contribution >= 0.6 is 24.0 Å². The molecule has 2 aliphatic rings. The Bertz CT molecular complexity index is 406. The van der Waals surface area contributed by atoms with Crippen LogP contribution in [0.25, 0.3) is 0 Å². The molecule has 0 amide bonds. The number of halogens is 1. The van der Waals surface area contributed by atoms with Crippen LogP contribution in [0.15, 0.2) is 16.6 Å². The number of aliphatic hydroxyl groups excluding tert-OH is 1. The van der Waals surface area contributed by atoms with Crippen LogP contribution in [0.3, 0.4) is 0 Å². The van der Waals surface area contributed by atoms with Gasteiger partial charge < -0.3 is 20.6 Å². The number of nitrogens with one attached hydrogen (secondary N) is 2. The third kappa shape index (κ3) is 9.80. The van der Waals surface area contributed by atoms with Crippen LogP contribution in [0, 0.1) is 0 Å². The molecule has 2 rings (SSSR count). The van der Waals surface area contributed by atoms with Crippen molar-refractivity contribution >= 4 is 29.9 Å². The zero-order chi connectivity index (χ0) is 17.0. The van der Waals surface area contributed by atoms with E-state index in [9.17, 15) is 5.11 Å². The molecule has 0 aromatic heterocycles. The Morgan fingerprint density at radius 2 is 2.08 bits per heavy atom. The Hall–Kier alpha value is -0.340. The summed E-state index contributed by atoms with van der Waals surface area (Å²) in [6.45, 7) is 7.98. The van der Waals surface area contributed by atoms with Gasteiger partial charge in [0.05, 0.1) is 6.10 Å². The first-order chi connectivity index (χ1) is 11.8. The van der Waals surface area contributed by atoms with Gasteiger partial charge in [-0.25, -0.2) is 0 Å². The second-order valence-corrected chi connectivity index (χ2v) is 6.97. The fourth-order valence-electron chi connectivity index (χ4n) is 3.44. The van der Waals surface area contributed by atoms with E-state index in [-0.39, 0.29) is 30.1 Å². The molecule has 3 N–H and O–H groups in total. The summed E-state index contributed by atoms with van der Waals surface area (Å²) in [6, 6.07) is 0. The molecule has 0 unspecified atom stereocenters. The first kappa shape index (κ1) is 22.7. The minimum Gasteiger partial charge on any atom is -0.393 e. The maximum absolute atomic E-state index is 9.54. The van der Waals surface area contributed by atoms with Crippen molar-refractivity contribution in [2.75, 3.05) is 39.3 Å². The van der Waals surface area contributed by atoms with E-state index in [1.807, 2.05) is 0 Å². The summed E-state index contributed by atoms with van der Waals surface area (Å²) >= 11 is 0. The van der Waals surface area contributed by atoms with Crippen molar-refractivity contribution < 1.29 is 5.11 Å². The van der Waals surface area contributed by atoms with Gasteiger partial charge in [0.2, 0.25) is 0 Å². The minimum atomic E-state index is -0.0805. The number of aliphatic hydroxyl groups is 1. The summed E-state index contributed by atoms with van der Waals surface area (Å²) < 4.78 is 0. The summed E-state index contributed by atoms with van der Waals surface area (Å²) in [5, 5.41) is 16.3. The van der Waals surface area contributed by atoms with Crippen LogP contribution in [-0.4, -0.2) is 61.3 Å². The van der Waals surface area contributed by atoms with Crippen LogP contribution in [-0.2, 0) is 0 Å². The quantitative estimate of drug-likeness (QED) is 0.170. The van der Waals surface area contributed by atoms with E-state index in [0.29, 0.717) is 0 Å². The van der Waals surface area contributed by atoms with Gasteiger partial charge in [-0.3, -0.25) is 4.99 Å². The van der Waals surface area contributed by atoms with Gasteiger partial charge in [0, 0.05) is 32.7 Å². The van der Waals surface area contributed by atoms with E-state index in [0.717, 1.165) is 70.9 Å². The van der Waals surface area contributed by atoms with Crippen LogP contribution in [0.1, 0.15) is 58.3 Å². The van der Waals surface area contributed by atoms with E-state index < -0.39 is 0 Å². The number of nitrogens with zero attached hydrogens (tertiary/aromatic N) is 2. The van der Waals surface area contributed by atoms with Crippen molar-refractivity contribution in [3.05, 3.63) is 11.6 Å². The molecule has 0 aromatic carbocycles. The van der Waals surface area contributed by atoms with Gasteiger partial charge in [-0.05, 0) is 64.8 Å². The zero-order valence-electron chi connectivity index (χ0n) is 15.8. The van der Waals surface area contributed by atoms with Crippen molar-refractivity contribution in [2.45, 2.75) is 64.4 Å². The van der Waals surface area contributed by atoms with E-state index in [1.54, 1.807) is 5.57 Å². The van der Waals surface area contributed by atoms with Gasteiger partial charge in [0.25, 0.3) is 0 Å². The Morgan fingerprint density at radius 3 is 2.76 bits per heavy atom. The van der Waals surface area contributed by atoms with E-state index in [1.165, 1.54) is 25.7 Å². The van der Waals surface area contributed by atoms with Gasteiger partial charge in [-0.15, -0.1) is 24.0 Å². The van der Waals surface area contributed by atoms with Crippen molar-refractivity contribution in [1.82, 2.24) is 15.5 Å². The molecule has 0 spiro atoms. The number of hydrogen-bond donors (Lipinski definition) is 3. The van der Waals surface area contributed by atoms with Crippen molar-refractivity contribution in [2.24, 2.45) is 4.99 Å². The van der Waals surface area contributed by atoms with Crippen LogP contribution in [0.2, 0.25) is 0 Å². The lowest BCUT2D eigenvalue weighted by atomic mass is 9.97. The number of piperidine rings is 1. The molecule has 1 fully saturated rings. The highest BCUT2D eigenvalue weighted by Gasteiger charge is 2.15. The number of hydrogen-bond acceptors (Lipinski definition) is 3. The van der Waals surface area contributed by atoms with E-state index in [2.05, 4.69) is 28.5 Å². The first-order valence-electron chi connectivity index (χ1n) is 9.88. The Balaban J connectivity index is 0.00000312. The SMILES string of the molecule is CCNC(=NCCCN1CCC(O)CC1)NCCC1=CCCCC1.I. The smallest absolute Gasteiger partial charge is 0.191 e. The molecule has 5 nitrogen and oxygen atoms in total. The third-order valence-electron chi connectivity index (χ3n) is 4.93. The molecule has 6 heteroatoms. The lowest BCUT2D eigenvalue weighted by molar-refractivity contribution is 0.0824. The predicted molar refractivity (Wildman–Crippen MR) is 117 cm³/mol. The average Bonchev–Trinajstić information content (AvgIpc) is 2.61. The molecular formula is C19H37IN4O. The normalized spacial score (nSPS) is 19.9. The van der Waals surface area contributed by atoms with Gasteiger partial charge in [-0.1, -0.05) is 11.6 Å². The van der Waals surface area contributed by atoms with Crippen molar-refractivity contribution in [3.63, 3.8) is 0 Å². The molecule has 1 heterocycles. The Labute approximate surface area is 170 Å². The molecule has 0 bridgehead atoms. The molecule has 146 valence electrons. The third-order valence-corrected chi connectivity index (χ3v) is 4.93. The molecule has 0 aromatic rings. The Morgan fingerprint density at radius 1 is 1.28 bits per heavy atom. The fourth-order valence-corrected chi connectivity index (χ4v) is 3.44. The number of guanidine groups is 1. The summed E-state index contributed by atoms with van der Waals surface area (Å²) in [4.78, 5) is 7.14. The minimum absolute atomic E-state index is 0.